The van der Waals surface area contributed by atoms with Gasteiger partial charge in [-0.05, 0) is 48.6 Å². The molecule has 0 aliphatic carbocycles. The number of nitrogens with one attached hydrogen (secondary N) is 1. The summed E-state index contributed by atoms with van der Waals surface area (Å²) in [5.41, 5.74) is 3.55. The Morgan fingerprint density at radius 3 is 2.90 bits per heavy atom. The fourth-order valence-corrected chi connectivity index (χ4v) is 4.32. The summed E-state index contributed by atoms with van der Waals surface area (Å²) in [6.45, 7) is 3.07. The van der Waals surface area contributed by atoms with Gasteiger partial charge in [0.05, 0.1) is 6.10 Å². The van der Waals surface area contributed by atoms with Crippen LogP contribution in [-0.2, 0) is 22.5 Å². The Morgan fingerprint density at radius 1 is 1.13 bits per heavy atom. The third-order valence-corrected chi connectivity index (χ3v) is 6.03. The minimum absolute atomic E-state index is 0.0329. The molecule has 0 spiro atoms. The largest absolute Gasteiger partial charge is 0.481 e. The Kier molecular flexibility index (Phi) is 5.71. The standard InChI is InChI=1S/C25H27N3O3/c29-24(26-15-21-8-4-14-30-21)17-31-22-9-3-7-19-10-11-23(27-25(19)22)28-13-12-18-5-1-2-6-20(18)16-28/h1-3,5-7,9-11,21H,4,8,12-17H2,(H,26,29). The van der Waals surface area contributed by atoms with Gasteiger partial charge in [-0.25, -0.2) is 4.98 Å². The average molecular weight is 418 g/mol. The summed E-state index contributed by atoms with van der Waals surface area (Å²) in [6.07, 6.45) is 3.20. The van der Waals surface area contributed by atoms with Crippen molar-refractivity contribution in [1.29, 1.82) is 0 Å². The van der Waals surface area contributed by atoms with E-state index in [2.05, 4.69) is 46.6 Å². The third-order valence-electron chi connectivity index (χ3n) is 6.03. The second-order valence-corrected chi connectivity index (χ2v) is 8.17. The van der Waals surface area contributed by atoms with E-state index >= 15 is 0 Å². The number of fused-ring (bicyclic) bond motifs is 2. The molecular weight excluding hydrogens is 390 g/mol. The van der Waals surface area contributed by atoms with E-state index in [4.69, 9.17) is 14.5 Å². The lowest BCUT2D eigenvalue weighted by atomic mass is 10.00. The van der Waals surface area contributed by atoms with Gasteiger partial charge in [0.2, 0.25) is 0 Å². The van der Waals surface area contributed by atoms with E-state index in [1.54, 1.807) is 0 Å². The first-order chi connectivity index (χ1) is 15.3. The first-order valence-electron chi connectivity index (χ1n) is 11.0. The van der Waals surface area contributed by atoms with Crippen LogP contribution in [0.3, 0.4) is 0 Å². The molecule has 1 unspecified atom stereocenters. The van der Waals surface area contributed by atoms with Crippen molar-refractivity contribution in [1.82, 2.24) is 10.3 Å². The highest BCUT2D eigenvalue weighted by Crippen LogP contribution is 2.29. The number of ether oxygens (including phenoxy) is 2. The van der Waals surface area contributed by atoms with Crippen molar-refractivity contribution in [3.05, 3.63) is 65.7 Å². The van der Waals surface area contributed by atoms with Crippen molar-refractivity contribution in [3.8, 4) is 5.75 Å². The highest BCUT2D eigenvalue weighted by molar-refractivity contribution is 5.86. The Balaban J connectivity index is 1.28. The Bertz CT molecular complexity index is 1080. The van der Waals surface area contributed by atoms with Crippen LogP contribution in [0.2, 0.25) is 0 Å². The van der Waals surface area contributed by atoms with Gasteiger partial charge in [-0.15, -0.1) is 0 Å². The van der Waals surface area contributed by atoms with Crippen LogP contribution < -0.4 is 15.0 Å². The number of carbonyl (C=O) groups is 1. The summed E-state index contributed by atoms with van der Waals surface area (Å²) in [5.74, 6) is 1.42. The van der Waals surface area contributed by atoms with E-state index in [9.17, 15) is 4.79 Å². The molecule has 1 N–H and O–H groups in total. The topological polar surface area (TPSA) is 63.7 Å². The van der Waals surface area contributed by atoms with Gasteiger partial charge in [0, 0.05) is 31.6 Å². The number of para-hydroxylation sites is 1. The van der Waals surface area contributed by atoms with Crippen molar-refractivity contribution in [2.75, 3.05) is 31.2 Å². The number of anilines is 1. The van der Waals surface area contributed by atoms with Gasteiger partial charge < -0.3 is 19.7 Å². The van der Waals surface area contributed by atoms with E-state index in [1.165, 1.54) is 11.1 Å². The zero-order chi connectivity index (χ0) is 21.0. The molecule has 2 aliphatic rings. The number of nitrogens with zero attached hydrogens (tertiary/aromatic N) is 2. The number of carbonyl (C=O) groups excluding carboxylic acids is 1. The third kappa shape index (κ3) is 4.49. The summed E-state index contributed by atoms with van der Waals surface area (Å²) < 4.78 is 11.4. The second kappa shape index (κ2) is 8.94. The second-order valence-electron chi connectivity index (χ2n) is 8.17. The predicted octanol–water partition coefficient (Wildman–Crippen LogP) is 3.47. The van der Waals surface area contributed by atoms with Crippen LogP contribution in [0.4, 0.5) is 5.82 Å². The van der Waals surface area contributed by atoms with Gasteiger partial charge in [-0.2, -0.15) is 0 Å². The van der Waals surface area contributed by atoms with Crippen LogP contribution in [0, 0.1) is 0 Å². The van der Waals surface area contributed by atoms with Gasteiger partial charge in [0.15, 0.2) is 6.61 Å². The zero-order valence-electron chi connectivity index (χ0n) is 17.5. The van der Waals surface area contributed by atoms with Crippen LogP contribution in [0.15, 0.2) is 54.6 Å². The quantitative estimate of drug-likeness (QED) is 0.665. The predicted molar refractivity (Wildman–Crippen MR) is 120 cm³/mol. The lowest BCUT2D eigenvalue weighted by Gasteiger charge is -2.30. The first-order valence-corrected chi connectivity index (χ1v) is 11.0. The molecule has 1 fully saturated rings. The number of benzene rings is 2. The van der Waals surface area contributed by atoms with E-state index in [0.717, 1.165) is 55.7 Å². The van der Waals surface area contributed by atoms with E-state index in [-0.39, 0.29) is 18.6 Å². The SMILES string of the molecule is O=C(COc1cccc2ccc(N3CCc4ccccc4C3)nc12)NCC1CCCO1. The van der Waals surface area contributed by atoms with Crippen LogP contribution in [0.5, 0.6) is 5.75 Å². The van der Waals surface area contributed by atoms with E-state index < -0.39 is 0 Å². The molecule has 31 heavy (non-hydrogen) atoms. The molecule has 2 aliphatic heterocycles. The van der Waals surface area contributed by atoms with Crippen LogP contribution in [0.1, 0.15) is 24.0 Å². The average Bonchev–Trinajstić information content (AvgIpc) is 3.34. The fraction of sp³-hybridized carbons (Fsp3) is 0.360. The highest BCUT2D eigenvalue weighted by Gasteiger charge is 2.19. The molecule has 160 valence electrons. The van der Waals surface area contributed by atoms with Crippen LogP contribution in [0.25, 0.3) is 10.9 Å². The monoisotopic (exact) mass is 417 g/mol. The number of pyridine rings is 1. The molecule has 2 aromatic carbocycles. The number of amides is 1. The van der Waals surface area contributed by atoms with Crippen LogP contribution >= 0.6 is 0 Å². The van der Waals surface area contributed by atoms with Gasteiger partial charge in [0.1, 0.15) is 17.1 Å². The maximum Gasteiger partial charge on any atom is 0.258 e. The van der Waals surface area contributed by atoms with Crippen LogP contribution in [-0.4, -0.2) is 43.3 Å². The molecule has 1 aromatic heterocycles. The van der Waals surface area contributed by atoms with Crippen molar-refractivity contribution < 1.29 is 14.3 Å². The molecule has 3 aromatic rings. The summed E-state index contributed by atoms with van der Waals surface area (Å²) in [7, 11) is 0. The lowest BCUT2D eigenvalue weighted by Crippen LogP contribution is -2.35. The van der Waals surface area contributed by atoms with Crippen molar-refractivity contribution in [2.45, 2.75) is 31.9 Å². The smallest absolute Gasteiger partial charge is 0.258 e. The summed E-state index contributed by atoms with van der Waals surface area (Å²) in [5, 5.41) is 3.90. The van der Waals surface area contributed by atoms with Crippen molar-refractivity contribution in [3.63, 3.8) is 0 Å². The number of rotatable bonds is 6. The molecule has 0 radical (unpaired) electrons. The van der Waals surface area contributed by atoms with Crippen molar-refractivity contribution >= 4 is 22.6 Å². The summed E-state index contributed by atoms with van der Waals surface area (Å²) in [4.78, 5) is 19.4. The number of hydrogen-bond donors (Lipinski definition) is 1. The molecule has 3 heterocycles. The first kappa shape index (κ1) is 19.8. The maximum atomic E-state index is 12.2. The molecule has 0 bridgehead atoms. The Morgan fingerprint density at radius 2 is 2.03 bits per heavy atom. The molecule has 1 saturated heterocycles. The normalized spacial score (nSPS) is 18.1. The van der Waals surface area contributed by atoms with Gasteiger partial charge >= 0.3 is 0 Å². The molecule has 1 atom stereocenters. The van der Waals surface area contributed by atoms with E-state index in [0.29, 0.717) is 12.3 Å². The fourth-order valence-electron chi connectivity index (χ4n) is 4.32. The number of hydrogen-bond acceptors (Lipinski definition) is 5. The maximum absolute atomic E-state index is 12.2. The Hall–Kier alpha value is -3.12. The Labute approximate surface area is 182 Å². The summed E-state index contributed by atoms with van der Waals surface area (Å²) >= 11 is 0. The van der Waals surface area contributed by atoms with Gasteiger partial charge in [0.25, 0.3) is 5.91 Å². The van der Waals surface area contributed by atoms with Crippen molar-refractivity contribution in [2.24, 2.45) is 0 Å². The highest BCUT2D eigenvalue weighted by atomic mass is 16.5. The lowest BCUT2D eigenvalue weighted by molar-refractivity contribution is -0.123. The van der Waals surface area contributed by atoms with Gasteiger partial charge in [-0.1, -0.05) is 36.4 Å². The number of aromatic nitrogens is 1. The molecule has 5 rings (SSSR count). The minimum Gasteiger partial charge on any atom is -0.481 e. The molecular formula is C25H27N3O3. The summed E-state index contributed by atoms with van der Waals surface area (Å²) in [6, 6.07) is 18.5. The zero-order valence-corrected chi connectivity index (χ0v) is 17.5. The molecule has 1 amide bonds. The molecule has 6 heteroatoms. The van der Waals surface area contributed by atoms with E-state index in [1.807, 2.05) is 18.2 Å². The molecule has 0 saturated carbocycles. The van der Waals surface area contributed by atoms with Gasteiger partial charge in [-0.3, -0.25) is 4.79 Å². The molecule has 6 nitrogen and oxygen atoms in total. The minimum atomic E-state index is -0.142.